The second-order valence-corrected chi connectivity index (χ2v) is 4.52. The molecule has 2 unspecified atom stereocenters. The predicted molar refractivity (Wildman–Crippen MR) is 72.2 cm³/mol. The van der Waals surface area contributed by atoms with Crippen LogP contribution in [-0.4, -0.2) is 30.5 Å². The zero-order valence-corrected chi connectivity index (χ0v) is 11.3. The largest absolute Gasteiger partial charge is 0.492 e. The first-order chi connectivity index (χ1) is 9.06. The molecule has 1 aliphatic rings. The fourth-order valence-electron chi connectivity index (χ4n) is 2.17. The van der Waals surface area contributed by atoms with Crippen molar-refractivity contribution in [2.24, 2.45) is 0 Å². The SMILES string of the molecule is CCOc1ccccc1N1C(=O)C(C)NC(=O)C1C. The molecule has 2 amide bonds. The number of hydrogen-bond donors (Lipinski definition) is 1. The van der Waals surface area contributed by atoms with Gasteiger partial charge in [-0.2, -0.15) is 0 Å². The van der Waals surface area contributed by atoms with Crippen molar-refractivity contribution in [1.29, 1.82) is 0 Å². The van der Waals surface area contributed by atoms with E-state index in [0.717, 1.165) is 0 Å². The second-order valence-electron chi connectivity index (χ2n) is 4.52. The molecule has 19 heavy (non-hydrogen) atoms. The third kappa shape index (κ3) is 2.41. The van der Waals surface area contributed by atoms with Crippen LogP contribution >= 0.6 is 0 Å². The van der Waals surface area contributed by atoms with E-state index >= 15 is 0 Å². The molecule has 1 N–H and O–H groups in total. The maximum atomic E-state index is 12.3. The number of nitrogens with one attached hydrogen (secondary N) is 1. The van der Waals surface area contributed by atoms with E-state index in [1.165, 1.54) is 4.90 Å². The summed E-state index contributed by atoms with van der Waals surface area (Å²) in [6.07, 6.45) is 0. The van der Waals surface area contributed by atoms with E-state index < -0.39 is 12.1 Å². The maximum Gasteiger partial charge on any atom is 0.250 e. The summed E-state index contributed by atoms with van der Waals surface area (Å²) in [7, 11) is 0. The summed E-state index contributed by atoms with van der Waals surface area (Å²) in [4.78, 5) is 25.7. The topological polar surface area (TPSA) is 58.6 Å². The van der Waals surface area contributed by atoms with Gasteiger partial charge >= 0.3 is 0 Å². The van der Waals surface area contributed by atoms with Gasteiger partial charge in [0.25, 0.3) is 0 Å². The molecule has 2 atom stereocenters. The highest BCUT2D eigenvalue weighted by atomic mass is 16.5. The molecule has 1 fully saturated rings. The number of hydrogen-bond acceptors (Lipinski definition) is 3. The Morgan fingerprint density at radius 3 is 2.63 bits per heavy atom. The van der Waals surface area contributed by atoms with Crippen molar-refractivity contribution in [2.45, 2.75) is 32.9 Å². The number of carbonyl (C=O) groups excluding carboxylic acids is 2. The molecule has 0 aromatic heterocycles. The van der Waals surface area contributed by atoms with Crippen LogP contribution < -0.4 is 15.0 Å². The number of anilines is 1. The summed E-state index contributed by atoms with van der Waals surface area (Å²) >= 11 is 0. The van der Waals surface area contributed by atoms with Gasteiger partial charge in [0.05, 0.1) is 12.3 Å². The predicted octanol–water partition coefficient (Wildman–Crippen LogP) is 1.33. The van der Waals surface area contributed by atoms with E-state index in [4.69, 9.17) is 4.74 Å². The van der Waals surface area contributed by atoms with Crippen LogP contribution in [0.15, 0.2) is 24.3 Å². The maximum absolute atomic E-state index is 12.3. The molecule has 2 rings (SSSR count). The van der Waals surface area contributed by atoms with Gasteiger partial charge in [-0.1, -0.05) is 12.1 Å². The molecule has 5 nitrogen and oxygen atoms in total. The minimum atomic E-state index is -0.537. The minimum Gasteiger partial charge on any atom is -0.492 e. The second kappa shape index (κ2) is 5.30. The van der Waals surface area contributed by atoms with Gasteiger partial charge in [0.15, 0.2) is 0 Å². The Morgan fingerprint density at radius 1 is 1.26 bits per heavy atom. The summed E-state index contributed by atoms with van der Waals surface area (Å²) in [6.45, 7) is 5.78. The highest BCUT2D eigenvalue weighted by Gasteiger charge is 2.37. The minimum absolute atomic E-state index is 0.126. The van der Waals surface area contributed by atoms with Gasteiger partial charge < -0.3 is 10.1 Å². The Labute approximate surface area is 112 Å². The van der Waals surface area contributed by atoms with E-state index in [9.17, 15) is 9.59 Å². The van der Waals surface area contributed by atoms with Crippen LogP contribution in [-0.2, 0) is 9.59 Å². The summed E-state index contributed by atoms with van der Waals surface area (Å²) in [5.41, 5.74) is 0.642. The van der Waals surface area contributed by atoms with Crippen molar-refractivity contribution >= 4 is 17.5 Å². The standard InChI is InChI=1S/C14H18N2O3/c1-4-19-12-8-6-5-7-11(12)16-10(3)13(17)15-9(2)14(16)18/h5-10H,4H2,1-3H3,(H,15,17). The molecule has 0 saturated carbocycles. The van der Waals surface area contributed by atoms with Gasteiger partial charge in [0.2, 0.25) is 11.8 Å². The lowest BCUT2D eigenvalue weighted by Crippen LogP contribution is -2.61. The molecule has 0 radical (unpaired) electrons. The van der Waals surface area contributed by atoms with Gasteiger partial charge in [-0.25, -0.2) is 0 Å². The van der Waals surface area contributed by atoms with Crippen molar-refractivity contribution in [1.82, 2.24) is 5.32 Å². The fraction of sp³-hybridized carbons (Fsp3) is 0.429. The zero-order valence-electron chi connectivity index (χ0n) is 11.3. The van der Waals surface area contributed by atoms with Gasteiger partial charge in [-0.05, 0) is 32.9 Å². The molecule has 1 saturated heterocycles. The smallest absolute Gasteiger partial charge is 0.250 e. The molecular formula is C14H18N2O3. The Balaban J connectivity index is 2.43. The monoisotopic (exact) mass is 262 g/mol. The third-order valence-electron chi connectivity index (χ3n) is 3.16. The first-order valence-corrected chi connectivity index (χ1v) is 6.41. The quantitative estimate of drug-likeness (QED) is 0.894. The average molecular weight is 262 g/mol. The molecule has 0 spiro atoms. The summed E-state index contributed by atoms with van der Waals surface area (Å²) in [6, 6.07) is 6.22. The Kier molecular flexibility index (Phi) is 3.74. The number of benzene rings is 1. The van der Waals surface area contributed by atoms with Crippen LogP contribution in [0.2, 0.25) is 0 Å². The molecule has 1 aromatic carbocycles. The molecule has 0 bridgehead atoms. The normalized spacial score (nSPS) is 23.2. The fourth-order valence-corrected chi connectivity index (χ4v) is 2.17. The van der Waals surface area contributed by atoms with Crippen molar-refractivity contribution in [3.05, 3.63) is 24.3 Å². The Morgan fingerprint density at radius 2 is 1.95 bits per heavy atom. The first kappa shape index (κ1) is 13.4. The number of rotatable bonds is 3. The summed E-state index contributed by atoms with van der Waals surface area (Å²) in [5, 5.41) is 2.66. The van der Waals surface area contributed by atoms with Gasteiger partial charge in [0, 0.05) is 0 Å². The number of nitrogens with zero attached hydrogens (tertiary/aromatic N) is 1. The zero-order chi connectivity index (χ0) is 14.0. The lowest BCUT2D eigenvalue weighted by molar-refractivity contribution is -0.133. The highest BCUT2D eigenvalue weighted by Crippen LogP contribution is 2.31. The van der Waals surface area contributed by atoms with Gasteiger partial charge in [-0.3, -0.25) is 14.5 Å². The lowest BCUT2D eigenvalue weighted by atomic mass is 10.1. The van der Waals surface area contributed by atoms with E-state index in [0.29, 0.717) is 18.0 Å². The molecule has 1 heterocycles. The molecular weight excluding hydrogens is 244 g/mol. The van der Waals surface area contributed by atoms with Crippen molar-refractivity contribution in [3.8, 4) is 5.75 Å². The number of ether oxygens (including phenoxy) is 1. The number of piperazine rings is 1. The molecule has 1 aliphatic heterocycles. The Hall–Kier alpha value is -2.04. The van der Waals surface area contributed by atoms with Crippen molar-refractivity contribution in [2.75, 3.05) is 11.5 Å². The average Bonchev–Trinajstić information content (AvgIpc) is 2.39. The van der Waals surface area contributed by atoms with Crippen molar-refractivity contribution in [3.63, 3.8) is 0 Å². The van der Waals surface area contributed by atoms with E-state index in [2.05, 4.69) is 5.32 Å². The van der Waals surface area contributed by atoms with Gasteiger partial charge in [-0.15, -0.1) is 0 Å². The van der Waals surface area contributed by atoms with E-state index in [1.807, 2.05) is 19.1 Å². The van der Waals surface area contributed by atoms with Crippen LogP contribution in [0, 0.1) is 0 Å². The third-order valence-corrected chi connectivity index (χ3v) is 3.16. The number of amides is 2. The molecule has 5 heteroatoms. The first-order valence-electron chi connectivity index (χ1n) is 6.41. The van der Waals surface area contributed by atoms with Gasteiger partial charge in [0.1, 0.15) is 17.8 Å². The van der Waals surface area contributed by atoms with Crippen LogP contribution in [0.1, 0.15) is 20.8 Å². The highest BCUT2D eigenvalue weighted by molar-refractivity contribution is 6.08. The number of carbonyl (C=O) groups is 2. The van der Waals surface area contributed by atoms with Crippen molar-refractivity contribution < 1.29 is 14.3 Å². The van der Waals surface area contributed by atoms with Crippen LogP contribution in [0.25, 0.3) is 0 Å². The summed E-state index contributed by atoms with van der Waals surface area (Å²) < 4.78 is 5.53. The van der Waals surface area contributed by atoms with Crippen LogP contribution in [0.4, 0.5) is 5.69 Å². The summed E-state index contributed by atoms with van der Waals surface area (Å²) in [5.74, 6) is 0.338. The van der Waals surface area contributed by atoms with E-state index in [-0.39, 0.29) is 11.8 Å². The van der Waals surface area contributed by atoms with E-state index in [1.54, 1.807) is 26.0 Å². The van der Waals surface area contributed by atoms with Crippen LogP contribution in [0.5, 0.6) is 5.75 Å². The number of para-hydroxylation sites is 2. The molecule has 0 aliphatic carbocycles. The molecule has 1 aromatic rings. The van der Waals surface area contributed by atoms with Crippen LogP contribution in [0.3, 0.4) is 0 Å². The molecule has 102 valence electrons. The Bertz CT molecular complexity index is 501. The lowest BCUT2D eigenvalue weighted by Gasteiger charge is -2.36.